The van der Waals surface area contributed by atoms with Gasteiger partial charge in [-0.1, -0.05) is 58.4 Å². The lowest BCUT2D eigenvalue weighted by Gasteiger charge is -2.32. The first-order valence-corrected chi connectivity index (χ1v) is 22.8. The maximum absolute atomic E-state index is 13.9. The number of carbonyl (C=O) groups is 8. The molecule has 0 spiro atoms. The fraction of sp³-hybridized carbons (Fsp3) is 0.630. The molecule has 1 aliphatic heterocycles. The summed E-state index contributed by atoms with van der Waals surface area (Å²) in [6.07, 6.45) is 4.36. The minimum Gasteiger partial charge on any atom is -0.480 e. The Morgan fingerprint density at radius 3 is 1.55 bits per heavy atom. The number of nitrogens with zero attached hydrogens (tertiary/aromatic N) is 5. The maximum atomic E-state index is 13.9. The van der Waals surface area contributed by atoms with Crippen LogP contribution in [0, 0.1) is 23.7 Å². The van der Waals surface area contributed by atoms with Gasteiger partial charge in [-0.05, 0) is 36.3 Å². The number of hydrogen-bond acceptors (Lipinski definition) is 13. The third kappa shape index (κ3) is 21.2. The summed E-state index contributed by atoms with van der Waals surface area (Å²) in [5.74, 6) is -5.91. The number of aromatic amines is 1. The lowest BCUT2D eigenvalue weighted by molar-refractivity contribution is -0.140. The molecule has 1 unspecified atom stereocenters. The van der Waals surface area contributed by atoms with E-state index in [1.807, 2.05) is 56.9 Å². The molecular weight excluding hydrogens is 855 g/mol. The molecule has 1 aliphatic rings. The van der Waals surface area contributed by atoms with Crippen LogP contribution in [0.15, 0.2) is 36.8 Å². The summed E-state index contributed by atoms with van der Waals surface area (Å²) in [5, 5.41) is 37.2. The Kier molecular flexibility index (Phi) is 23.6. The fourth-order valence-corrected chi connectivity index (χ4v) is 7.89. The maximum Gasteiger partial charge on any atom is 0.317 e. The number of nitrogens with one attached hydrogen (secondary N) is 4. The summed E-state index contributed by atoms with van der Waals surface area (Å²) in [4.78, 5) is 115. The molecular formula is C46H71N9O11. The molecule has 3 amide bonds. The molecule has 0 bridgehead atoms. The molecule has 1 aromatic heterocycles. The second kappa shape index (κ2) is 28.5. The normalized spacial score (nSPS) is 16.8. The number of hydrogen-bond donors (Lipinski definition) is 7. The molecule has 1 saturated heterocycles. The van der Waals surface area contributed by atoms with E-state index in [1.165, 1.54) is 13.3 Å². The Hall–Kier alpha value is -5.57. The Balaban J connectivity index is 1.60. The molecule has 4 atom stereocenters. The molecule has 2 aromatic rings. The van der Waals surface area contributed by atoms with Crippen LogP contribution in [0.25, 0.3) is 0 Å². The van der Waals surface area contributed by atoms with Gasteiger partial charge in [0.15, 0.2) is 5.78 Å². The number of benzene rings is 1. The average Bonchev–Trinajstić information content (AvgIpc) is 3.76. The van der Waals surface area contributed by atoms with Crippen LogP contribution in [0.1, 0.15) is 77.1 Å². The van der Waals surface area contributed by atoms with E-state index in [1.54, 1.807) is 20.9 Å². The molecule has 1 fully saturated rings. The van der Waals surface area contributed by atoms with Gasteiger partial charge in [-0.25, -0.2) is 4.98 Å². The van der Waals surface area contributed by atoms with Crippen molar-refractivity contribution >= 4 is 47.2 Å². The fourth-order valence-electron chi connectivity index (χ4n) is 7.89. The minimum atomic E-state index is -1.04. The molecule has 3 rings (SSSR count). The summed E-state index contributed by atoms with van der Waals surface area (Å²) in [5.41, 5.74) is 2.30. The number of H-pyrrole nitrogens is 1. The number of aromatic nitrogens is 2. The number of amides is 3. The highest BCUT2D eigenvalue weighted by Crippen LogP contribution is 2.22. The molecule has 20 nitrogen and oxygen atoms in total. The summed E-state index contributed by atoms with van der Waals surface area (Å²) in [6, 6.07) is 6.50. The van der Waals surface area contributed by atoms with Crippen LogP contribution in [-0.2, 0) is 57.9 Å². The van der Waals surface area contributed by atoms with Gasteiger partial charge in [0.25, 0.3) is 0 Å². The van der Waals surface area contributed by atoms with Crippen LogP contribution in [0.4, 0.5) is 0 Å². The number of aliphatic carboxylic acids is 3. The number of Topliss-reactive ketones (excluding diaryl/α,β-unsaturated/α-hetero) is 2. The SMILES string of the molecule is CCC(C)[C@H](NC(=O)[C@@H](CC(C)=O)Cc1cnc[nH]1)C(=O)C[C@@H](CC(C)C)C(=O)NCc1ccc(CNC(=O)CN2CCN(CC(=O)O)CCN(CC(=O)O)CCN(CC(=O)O)CC2)cc1. The topological polar surface area (TPSA) is 275 Å². The Morgan fingerprint density at radius 2 is 1.14 bits per heavy atom. The predicted octanol–water partition coefficient (Wildman–Crippen LogP) is 1.11. The molecule has 0 aliphatic carbocycles. The number of imidazole rings is 1. The number of rotatable bonds is 26. The molecule has 20 heteroatoms. The monoisotopic (exact) mass is 926 g/mol. The quantitative estimate of drug-likeness (QED) is 0.0696. The second-order valence-corrected chi connectivity index (χ2v) is 17.8. The Morgan fingerprint density at radius 1 is 0.667 bits per heavy atom. The van der Waals surface area contributed by atoms with Crippen molar-refractivity contribution in [2.75, 3.05) is 78.5 Å². The van der Waals surface area contributed by atoms with Crippen molar-refractivity contribution in [3.8, 4) is 0 Å². The van der Waals surface area contributed by atoms with Crippen LogP contribution in [0.3, 0.4) is 0 Å². The summed E-state index contributed by atoms with van der Waals surface area (Å²) in [6.45, 7) is 11.1. The number of carboxylic acids is 3. The van der Waals surface area contributed by atoms with E-state index in [-0.39, 0.29) is 120 Å². The molecule has 2 heterocycles. The van der Waals surface area contributed by atoms with Crippen LogP contribution in [0.2, 0.25) is 0 Å². The van der Waals surface area contributed by atoms with Gasteiger partial charge < -0.3 is 41.0 Å². The van der Waals surface area contributed by atoms with Gasteiger partial charge in [-0.2, -0.15) is 0 Å². The van der Waals surface area contributed by atoms with Crippen molar-refractivity contribution in [2.24, 2.45) is 23.7 Å². The second-order valence-electron chi connectivity index (χ2n) is 17.8. The van der Waals surface area contributed by atoms with Crippen molar-refractivity contribution in [1.29, 1.82) is 0 Å². The Bertz CT molecular complexity index is 1860. The largest absolute Gasteiger partial charge is 0.480 e. The smallest absolute Gasteiger partial charge is 0.317 e. The van der Waals surface area contributed by atoms with E-state index < -0.39 is 41.7 Å². The zero-order valence-electron chi connectivity index (χ0n) is 39.1. The first-order chi connectivity index (χ1) is 31.3. The molecule has 0 radical (unpaired) electrons. The lowest BCUT2D eigenvalue weighted by atomic mass is 9.85. The van der Waals surface area contributed by atoms with Gasteiger partial charge in [-0.3, -0.25) is 53.2 Å². The van der Waals surface area contributed by atoms with Gasteiger partial charge in [0.05, 0.1) is 44.5 Å². The van der Waals surface area contributed by atoms with Crippen LogP contribution in [0.5, 0.6) is 0 Å². The molecule has 66 heavy (non-hydrogen) atoms. The molecule has 366 valence electrons. The van der Waals surface area contributed by atoms with Gasteiger partial charge in [0.1, 0.15) is 5.78 Å². The van der Waals surface area contributed by atoms with Gasteiger partial charge in [-0.15, -0.1) is 0 Å². The molecule has 1 aromatic carbocycles. The summed E-state index contributed by atoms with van der Waals surface area (Å²) < 4.78 is 0. The third-order valence-corrected chi connectivity index (χ3v) is 11.7. The molecule has 0 saturated carbocycles. The molecule has 7 N–H and O–H groups in total. The number of carboxylic acid groups (broad SMARTS) is 3. The zero-order chi connectivity index (χ0) is 48.8. The van der Waals surface area contributed by atoms with Crippen molar-refractivity contribution in [1.82, 2.24) is 45.5 Å². The Labute approximate surface area is 387 Å². The van der Waals surface area contributed by atoms with E-state index in [4.69, 9.17) is 0 Å². The van der Waals surface area contributed by atoms with E-state index in [0.29, 0.717) is 44.7 Å². The van der Waals surface area contributed by atoms with Crippen LogP contribution >= 0.6 is 0 Å². The van der Waals surface area contributed by atoms with Crippen molar-refractivity contribution in [2.45, 2.75) is 85.9 Å². The van der Waals surface area contributed by atoms with E-state index in [2.05, 4.69) is 25.9 Å². The van der Waals surface area contributed by atoms with Crippen molar-refractivity contribution in [3.05, 3.63) is 53.6 Å². The summed E-state index contributed by atoms with van der Waals surface area (Å²) >= 11 is 0. The third-order valence-electron chi connectivity index (χ3n) is 11.7. The van der Waals surface area contributed by atoms with Gasteiger partial charge in [0.2, 0.25) is 17.7 Å². The minimum absolute atomic E-state index is 0.00972. The first kappa shape index (κ1) is 54.8. The highest BCUT2D eigenvalue weighted by atomic mass is 16.4. The van der Waals surface area contributed by atoms with Crippen molar-refractivity contribution < 1.29 is 53.7 Å². The number of ketones is 2. The van der Waals surface area contributed by atoms with Gasteiger partial charge in [0, 0.05) is 103 Å². The predicted molar refractivity (Wildman–Crippen MR) is 244 cm³/mol. The van der Waals surface area contributed by atoms with E-state index in [0.717, 1.165) is 11.1 Å². The van der Waals surface area contributed by atoms with E-state index >= 15 is 0 Å². The standard InChI is InChI=1S/C46H71N9O11/c1-6-32(4)44(51-46(66)37(20-33(5)56)21-38-25-47-30-50-38)39(57)22-36(19-31(2)3)45(65)49-24-35-9-7-34(8-10-35)23-48-40(58)26-52-11-13-53(27-41(59)60)15-17-55(29-43(63)64)18-16-54(14-12-52)28-42(61)62/h7-10,25,30-32,36-37,44H,6,11-24,26-29H2,1-5H3,(H,47,50)(H,48,58)(H,49,65)(H,51,66)(H,59,60)(H,61,62)(H,63,64)/t32?,36-,37+,44+/m1/s1. The van der Waals surface area contributed by atoms with Crippen molar-refractivity contribution in [3.63, 3.8) is 0 Å². The van der Waals surface area contributed by atoms with E-state index in [9.17, 15) is 53.7 Å². The average molecular weight is 926 g/mol. The highest BCUT2D eigenvalue weighted by Gasteiger charge is 2.33. The van der Waals surface area contributed by atoms with Crippen LogP contribution in [-0.4, -0.2) is 177 Å². The lowest BCUT2D eigenvalue weighted by Crippen LogP contribution is -2.49. The highest BCUT2D eigenvalue weighted by molar-refractivity contribution is 5.94. The zero-order valence-corrected chi connectivity index (χ0v) is 39.1. The van der Waals surface area contributed by atoms with Gasteiger partial charge >= 0.3 is 17.9 Å². The first-order valence-electron chi connectivity index (χ1n) is 22.8. The number of carbonyl (C=O) groups excluding carboxylic acids is 5. The summed E-state index contributed by atoms with van der Waals surface area (Å²) in [7, 11) is 0. The van der Waals surface area contributed by atoms with Crippen LogP contribution < -0.4 is 16.0 Å².